The lowest BCUT2D eigenvalue weighted by atomic mass is 9.75. The van der Waals surface area contributed by atoms with E-state index in [0.717, 1.165) is 38.9 Å². The number of hydrogen-bond acceptors (Lipinski definition) is 4. The number of rotatable bonds is 3. The quantitative estimate of drug-likeness (QED) is 0.577. The molecule has 3 rings (SSSR count). The third-order valence-corrected chi connectivity index (χ3v) is 5.19. The van der Waals surface area contributed by atoms with Gasteiger partial charge in [0, 0.05) is 32.9 Å². The highest BCUT2D eigenvalue weighted by Crippen LogP contribution is 2.42. The van der Waals surface area contributed by atoms with E-state index >= 15 is 0 Å². The van der Waals surface area contributed by atoms with Crippen molar-refractivity contribution in [1.29, 1.82) is 0 Å². The molecule has 1 heterocycles. The summed E-state index contributed by atoms with van der Waals surface area (Å²) in [7, 11) is 0. The van der Waals surface area contributed by atoms with Crippen LogP contribution in [0, 0.1) is 3.57 Å². The molecule has 1 aliphatic carbocycles. The van der Waals surface area contributed by atoms with Crippen LogP contribution in [0.3, 0.4) is 0 Å². The number of carbonyl (C=O) groups excluding carboxylic acids is 2. The molecule has 2 aliphatic rings. The molecule has 1 N–H and O–H groups in total. The van der Waals surface area contributed by atoms with Crippen LogP contribution in [0.15, 0.2) is 46.8 Å². The number of benzene rings is 1. The van der Waals surface area contributed by atoms with Crippen molar-refractivity contribution < 1.29 is 14.3 Å². The first-order valence-corrected chi connectivity index (χ1v) is 9.27. The number of esters is 1. The molecule has 0 aromatic heterocycles. The molecule has 5 heteroatoms. The van der Waals surface area contributed by atoms with Crippen LogP contribution in [0.25, 0.3) is 0 Å². The number of ether oxygens (including phenoxy) is 1. The fourth-order valence-corrected chi connectivity index (χ4v) is 3.81. The Kier molecular flexibility index (Phi) is 5.08. The normalized spacial score (nSPS) is 20.6. The summed E-state index contributed by atoms with van der Waals surface area (Å²) in [5, 5.41) is 3.29. The van der Waals surface area contributed by atoms with E-state index in [2.05, 4.69) is 27.9 Å². The smallest absolute Gasteiger partial charge is 0.336 e. The van der Waals surface area contributed by atoms with Crippen LogP contribution in [0.2, 0.25) is 0 Å². The number of dihydropyridines is 1. The highest BCUT2D eigenvalue weighted by molar-refractivity contribution is 14.1. The highest BCUT2D eigenvalue weighted by atomic mass is 127. The van der Waals surface area contributed by atoms with Gasteiger partial charge in [0.25, 0.3) is 0 Å². The van der Waals surface area contributed by atoms with Crippen molar-refractivity contribution in [3.8, 4) is 0 Å². The lowest BCUT2D eigenvalue weighted by Gasteiger charge is -2.34. The molecule has 1 aromatic rings. The Morgan fingerprint density at radius 1 is 1.29 bits per heavy atom. The van der Waals surface area contributed by atoms with Gasteiger partial charge in [-0.3, -0.25) is 4.79 Å². The molecule has 1 aliphatic heterocycles. The Morgan fingerprint density at radius 2 is 2.00 bits per heavy atom. The SMILES string of the molecule is CCOC(=O)C1=C(C)NC2=C(C(=O)CCC2)[C@H]1c1ccc(I)cc1. The molecule has 0 fully saturated rings. The van der Waals surface area contributed by atoms with E-state index in [1.54, 1.807) is 6.92 Å². The maximum atomic E-state index is 12.6. The van der Waals surface area contributed by atoms with Crippen LogP contribution >= 0.6 is 22.6 Å². The zero-order valence-corrected chi connectivity index (χ0v) is 16.0. The van der Waals surface area contributed by atoms with Gasteiger partial charge in [-0.1, -0.05) is 12.1 Å². The standard InChI is InChI=1S/C19H20INO3/c1-3-24-19(23)16-11(2)21-14-5-4-6-15(22)18(14)17(16)12-7-9-13(20)10-8-12/h7-10,17,21H,3-6H2,1-2H3/t17-/m0/s1. The highest BCUT2D eigenvalue weighted by Gasteiger charge is 2.38. The summed E-state index contributed by atoms with van der Waals surface area (Å²) in [6.45, 7) is 3.99. The minimum absolute atomic E-state index is 0.126. The fourth-order valence-electron chi connectivity index (χ4n) is 3.45. The zero-order valence-electron chi connectivity index (χ0n) is 13.8. The number of hydrogen-bond donors (Lipinski definition) is 1. The average Bonchev–Trinajstić information content (AvgIpc) is 2.55. The largest absolute Gasteiger partial charge is 0.463 e. The van der Waals surface area contributed by atoms with E-state index in [1.807, 2.05) is 31.2 Å². The van der Waals surface area contributed by atoms with E-state index in [1.165, 1.54) is 0 Å². The molecule has 126 valence electrons. The Balaban J connectivity index is 2.15. The third-order valence-electron chi connectivity index (χ3n) is 4.47. The van der Waals surface area contributed by atoms with E-state index < -0.39 is 0 Å². The van der Waals surface area contributed by atoms with Crippen molar-refractivity contribution in [2.24, 2.45) is 0 Å². The van der Waals surface area contributed by atoms with E-state index in [-0.39, 0.29) is 17.7 Å². The average molecular weight is 437 g/mol. The molecule has 1 aromatic carbocycles. The summed E-state index contributed by atoms with van der Waals surface area (Å²) in [5.74, 6) is -0.567. The molecule has 0 saturated carbocycles. The molecular weight excluding hydrogens is 417 g/mol. The third kappa shape index (κ3) is 3.14. The minimum atomic E-state index is -0.351. The molecular formula is C19H20INO3. The van der Waals surface area contributed by atoms with Crippen LogP contribution in [0.5, 0.6) is 0 Å². The van der Waals surface area contributed by atoms with Gasteiger partial charge < -0.3 is 10.1 Å². The van der Waals surface area contributed by atoms with Gasteiger partial charge in [0.15, 0.2) is 5.78 Å². The molecule has 0 saturated heterocycles. The first kappa shape index (κ1) is 17.2. The van der Waals surface area contributed by atoms with Gasteiger partial charge in [0.05, 0.1) is 12.2 Å². The van der Waals surface area contributed by atoms with Gasteiger partial charge in [0.2, 0.25) is 0 Å². The van der Waals surface area contributed by atoms with Crippen molar-refractivity contribution in [2.75, 3.05) is 6.61 Å². The van der Waals surface area contributed by atoms with Gasteiger partial charge in [-0.2, -0.15) is 0 Å². The lowest BCUT2D eigenvalue weighted by molar-refractivity contribution is -0.138. The first-order chi connectivity index (χ1) is 11.5. The minimum Gasteiger partial charge on any atom is -0.463 e. The monoisotopic (exact) mass is 437 g/mol. The maximum Gasteiger partial charge on any atom is 0.336 e. The van der Waals surface area contributed by atoms with Crippen LogP contribution in [-0.2, 0) is 14.3 Å². The van der Waals surface area contributed by atoms with Gasteiger partial charge >= 0.3 is 5.97 Å². The van der Waals surface area contributed by atoms with Gasteiger partial charge in [-0.25, -0.2) is 4.79 Å². The predicted molar refractivity (Wildman–Crippen MR) is 100 cm³/mol. The summed E-state index contributed by atoms with van der Waals surface area (Å²) in [6, 6.07) is 8.00. The molecule has 0 radical (unpaired) electrons. The van der Waals surface area contributed by atoms with E-state index in [9.17, 15) is 9.59 Å². The summed E-state index contributed by atoms with van der Waals surface area (Å²) < 4.78 is 6.39. The molecule has 0 unspecified atom stereocenters. The summed E-state index contributed by atoms with van der Waals surface area (Å²) in [4.78, 5) is 25.2. The van der Waals surface area contributed by atoms with Crippen LogP contribution in [-0.4, -0.2) is 18.4 Å². The van der Waals surface area contributed by atoms with Crippen LogP contribution in [0.4, 0.5) is 0 Å². The first-order valence-electron chi connectivity index (χ1n) is 8.19. The van der Waals surface area contributed by atoms with Crippen molar-refractivity contribution >= 4 is 34.3 Å². The van der Waals surface area contributed by atoms with Gasteiger partial charge in [0.1, 0.15) is 0 Å². The van der Waals surface area contributed by atoms with Crippen LogP contribution in [0.1, 0.15) is 44.6 Å². The Bertz CT molecular complexity index is 746. The fraction of sp³-hybridized carbons (Fsp3) is 0.368. The number of nitrogens with one attached hydrogen (secondary N) is 1. The Morgan fingerprint density at radius 3 is 2.67 bits per heavy atom. The summed E-state index contributed by atoms with van der Waals surface area (Å²) in [5.41, 5.74) is 3.98. The Hall–Kier alpha value is -1.63. The maximum absolute atomic E-state index is 12.6. The number of Topliss-reactive ketones (excluding diaryl/α,β-unsaturated/α-hetero) is 1. The summed E-state index contributed by atoms with van der Waals surface area (Å²) in [6.07, 6.45) is 2.23. The number of carbonyl (C=O) groups is 2. The molecule has 24 heavy (non-hydrogen) atoms. The summed E-state index contributed by atoms with van der Waals surface area (Å²) >= 11 is 2.25. The number of ketones is 1. The second kappa shape index (κ2) is 7.09. The van der Waals surface area contributed by atoms with Crippen molar-refractivity contribution in [1.82, 2.24) is 5.32 Å². The molecule has 4 nitrogen and oxygen atoms in total. The van der Waals surface area contributed by atoms with Crippen molar-refractivity contribution in [3.05, 3.63) is 55.9 Å². The molecule has 0 bridgehead atoms. The topological polar surface area (TPSA) is 55.4 Å². The second-order valence-corrected chi connectivity index (χ2v) is 7.28. The van der Waals surface area contributed by atoms with Gasteiger partial charge in [-0.15, -0.1) is 0 Å². The Labute approximate surface area is 155 Å². The molecule has 0 spiro atoms. The van der Waals surface area contributed by atoms with Crippen molar-refractivity contribution in [3.63, 3.8) is 0 Å². The predicted octanol–water partition coefficient (Wildman–Crippen LogP) is 3.82. The van der Waals surface area contributed by atoms with Gasteiger partial charge in [-0.05, 0) is 67.0 Å². The van der Waals surface area contributed by atoms with Crippen LogP contribution < -0.4 is 5.32 Å². The number of halogens is 1. The lowest BCUT2D eigenvalue weighted by Crippen LogP contribution is -2.34. The van der Waals surface area contributed by atoms with E-state index in [4.69, 9.17) is 4.74 Å². The zero-order chi connectivity index (χ0) is 17.3. The molecule has 1 atom stereocenters. The van der Waals surface area contributed by atoms with E-state index in [0.29, 0.717) is 18.6 Å². The van der Waals surface area contributed by atoms with Crippen molar-refractivity contribution in [2.45, 2.75) is 39.0 Å². The molecule has 0 amide bonds. The number of allylic oxidation sites excluding steroid dienone is 3. The second-order valence-electron chi connectivity index (χ2n) is 6.04.